The van der Waals surface area contributed by atoms with E-state index in [0.717, 1.165) is 40.1 Å². The molecule has 9 heteroatoms. The maximum atomic E-state index is 13.6. The third kappa shape index (κ3) is 6.09. The normalized spacial score (nSPS) is 19.1. The van der Waals surface area contributed by atoms with Crippen molar-refractivity contribution in [2.24, 2.45) is 5.92 Å². The van der Waals surface area contributed by atoms with Crippen LogP contribution >= 0.6 is 0 Å². The molecule has 3 heterocycles. The predicted molar refractivity (Wildman–Crippen MR) is 157 cm³/mol. The summed E-state index contributed by atoms with van der Waals surface area (Å²) in [4.78, 5) is 45.1. The van der Waals surface area contributed by atoms with Gasteiger partial charge in [-0.05, 0) is 60.7 Å². The van der Waals surface area contributed by atoms with Gasteiger partial charge in [-0.3, -0.25) is 19.9 Å². The number of hydrogen-bond acceptors (Lipinski definition) is 6. The van der Waals surface area contributed by atoms with Gasteiger partial charge in [0, 0.05) is 41.5 Å². The Hall–Kier alpha value is -4.66. The SMILES string of the molecule is COC(=O)Nc1ccc2c(c1)NC(=O)C(C)CCCC(N1CCC(c3ccccc3OC)=CC1=O)c1cc-2ccn1. The van der Waals surface area contributed by atoms with Gasteiger partial charge in [-0.15, -0.1) is 0 Å². The molecule has 0 aliphatic carbocycles. The number of carbonyl (C=O) groups excluding carboxylic acids is 3. The maximum Gasteiger partial charge on any atom is 0.411 e. The fourth-order valence-corrected chi connectivity index (χ4v) is 5.50. The third-order valence-corrected chi connectivity index (χ3v) is 7.74. The molecule has 2 unspecified atom stereocenters. The first kappa shape index (κ1) is 27.9. The summed E-state index contributed by atoms with van der Waals surface area (Å²) >= 11 is 0. The Bertz CT molecular complexity index is 1500. The van der Waals surface area contributed by atoms with Crippen molar-refractivity contribution in [2.45, 2.75) is 38.6 Å². The van der Waals surface area contributed by atoms with Crippen LogP contribution < -0.4 is 15.4 Å². The molecule has 1 aromatic heterocycles. The predicted octanol–water partition coefficient (Wildman–Crippen LogP) is 6.05. The number of benzene rings is 2. The summed E-state index contributed by atoms with van der Waals surface area (Å²) in [7, 11) is 2.93. The fourth-order valence-electron chi connectivity index (χ4n) is 5.50. The van der Waals surface area contributed by atoms with Crippen LogP contribution in [-0.4, -0.2) is 48.6 Å². The van der Waals surface area contributed by atoms with E-state index in [9.17, 15) is 14.4 Å². The second-order valence-corrected chi connectivity index (χ2v) is 10.3. The number of anilines is 2. The Balaban J connectivity index is 1.51. The van der Waals surface area contributed by atoms with Gasteiger partial charge in [0.05, 0.1) is 31.6 Å². The van der Waals surface area contributed by atoms with Crippen molar-refractivity contribution in [1.29, 1.82) is 0 Å². The number of ether oxygens (including phenoxy) is 2. The van der Waals surface area contributed by atoms with E-state index in [2.05, 4.69) is 10.6 Å². The molecule has 3 amide bonds. The van der Waals surface area contributed by atoms with Gasteiger partial charge in [0.1, 0.15) is 5.75 Å². The van der Waals surface area contributed by atoms with E-state index in [4.69, 9.17) is 14.5 Å². The maximum absolute atomic E-state index is 13.6. The summed E-state index contributed by atoms with van der Waals surface area (Å²) in [5.74, 6) is 0.328. The molecule has 212 valence electrons. The Labute approximate surface area is 239 Å². The topological polar surface area (TPSA) is 110 Å². The Morgan fingerprint density at radius 3 is 2.66 bits per heavy atom. The molecular weight excluding hydrogens is 520 g/mol. The first-order chi connectivity index (χ1) is 19.9. The molecular formula is C32H34N4O5. The Morgan fingerprint density at radius 2 is 1.88 bits per heavy atom. The van der Waals surface area contributed by atoms with Crippen LogP contribution in [0.5, 0.6) is 5.75 Å². The van der Waals surface area contributed by atoms with Crippen molar-refractivity contribution in [3.63, 3.8) is 0 Å². The van der Waals surface area contributed by atoms with Crippen LogP contribution in [0.4, 0.5) is 16.2 Å². The number of pyridine rings is 1. The molecule has 2 bridgehead atoms. The molecule has 0 saturated heterocycles. The van der Waals surface area contributed by atoms with Crippen LogP contribution in [0.1, 0.15) is 49.9 Å². The van der Waals surface area contributed by atoms with Crippen molar-refractivity contribution in [3.8, 4) is 16.9 Å². The van der Waals surface area contributed by atoms with E-state index in [0.29, 0.717) is 37.2 Å². The van der Waals surface area contributed by atoms with Gasteiger partial charge in [-0.1, -0.05) is 37.6 Å². The minimum Gasteiger partial charge on any atom is -0.496 e. The van der Waals surface area contributed by atoms with Gasteiger partial charge in [-0.2, -0.15) is 0 Å². The van der Waals surface area contributed by atoms with E-state index in [-0.39, 0.29) is 23.8 Å². The van der Waals surface area contributed by atoms with E-state index < -0.39 is 6.09 Å². The highest BCUT2D eigenvalue weighted by Crippen LogP contribution is 2.38. The van der Waals surface area contributed by atoms with Crippen LogP contribution in [0.25, 0.3) is 16.7 Å². The lowest BCUT2D eigenvalue weighted by Crippen LogP contribution is -2.38. The third-order valence-electron chi connectivity index (χ3n) is 7.74. The van der Waals surface area contributed by atoms with E-state index >= 15 is 0 Å². The average Bonchev–Trinajstić information content (AvgIpc) is 2.99. The number of hydrogen-bond donors (Lipinski definition) is 2. The van der Waals surface area contributed by atoms with Crippen LogP contribution in [0.15, 0.2) is 66.9 Å². The molecule has 2 aliphatic rings. The number of fused-ring (bicyclic) bond motifs is 4. The van der Waals surface area contributed by atoms with E-state index in [1.165, 1.54) is 7.11 Å². The number of para-hydroxylation sites is 1. The van der Waals surface area contributed by atoms with Crippen molar-refractivity contribution in [2.75, 3.05) is 31.4 Å². The van der Waals surface area contributed by atoms with Crippen molar-refractivity contribution in [1.82, 2.24) is 9.88 Å². The zero-order valence-electron chi connectivity index (χ0n) is 23.5. The highest BCUT2D eigenvalue weighted by atomic mass is 16.5. The van der Waals surface area contributed by atoms with Gasteiger partial charge in [-0.25, -0.2) is 4.79 Å². The Morgan fingerprint density at radius 1 is 1.05 bits per heavy atom. The number of carbonyl (C=O) groups is 3. The molecule has 0 radical (unpaired) electrons. The summed E-state index contributed by atoms with van der Waals surface area (Å²) < 4.78 is 10.2. The van der Waals surface area contributed by atoms with Gasteiger partial charge in [0.15, 0.2) is 0 Å². The molecule has 2 atom stereocenters. The molecule has 0 saturated carbocycles. The van der Waals surface area contributed by atoms with Crippen LogP contribution in [0.2, 0.25) is 0 Å². The fraction of sp³-hybridized carbons (Fsp3) is 0.312. The average molecular weight is 555 g/mol. The quantitative estimate of drug-likeness (QED) is 0.406. The van der Waals surface area contributed by atoms with E-state index in [1.807, 2.05) is 54.3 Å². The zero-order chi connectivity index (χ0) is 28.9. The second kappa shape index (κ2) is 12.2. The number of amides is 3. The molecule has 2 aromatic carbocycles. The first-order valence-corrected chi connectivity index (χ1v) is 13.8. The monoisotopic (exact) mass is 554 g/mol. The summed E-state index contributed by atoms with van der Waals surface area (Å²) in [6, 6.07) is 16.7. The minimum atomic E-state index is -0.596. The summed E-state index contributed by atoms with van der Waals surface area (Å²) in [6.07, 6.45) is 5.63. The highest BCUT2D eigenvalue weighted by molar-refractivity contribution is 5.99. The zero-order valence-corrected chi connectivity index (χ0v) is 23.5. The smallest absolute Gasteiger partial charge is 0.411 e. The molecule has 41 heavy (non-hydrogen) atoms. The molecule has 2 N–H and O–H groups in total. The van der Waals surface area contributed by atoms with E-state index in [1.54, 1.807) is 31.5 Å². The molecule has 2 aliphatic heterocycles. The lowest BCUT2D eigenvalue weighted by Gasteiger charge is -2.34. The molecule has 3 aromatic rings. The Kier molecular flexibility index (Phi) is 8.33. The number of nitrogens with one attached hydrogen (secondary N) is 2. The summed E-state index contributed by atoms with van der Waals surface area (Å²) in [5.41, 5.74) is 5.39. The first-order valence-electron chi connectivity index (χ1n) is 13.8. The number of nitrogens with zero attached hydrogens (tertiary/aromatic N) is 2. The summed E-state index contributed by atoms with van der Waals surface area (Å²) in [6.45, 7) is 2.45. The van der Waals surface area contributed by atoms with Crippen LogP contribution in [-0.2, 0) is 14.3 Å². The highest BCUT2D eigenvalue weighted by Gasteiger charge is 2.30. The standard InChI is InChI=1S/C32H34N4O5/c1-20-7-6-9-28(36-16-14-22(18-30(36)37)25-8-4-5-10-29(25)40-2)27-17-21(13-15-33-27)24-12-11-23(34-32(39)41-3)19-26(24)35-31(20)38/h4-5,8,10-13,15,17-20,28H,6-7,9,14,16H2,1-3H3,(H,34,39)(H,35,38). The number of methoxy groups -OCH3 is 2. The van der Waals surface area contributed by atoms with Crippen LogP contribution in [0.3, 0.4) is 0 Å². The molecule has 5 rings (SSSR count). The van der Waals surface area contributed by atoms with Crippen LogP contribution in [0, 0.1) is 5.92 Å². The summed E-state index contributed by atoms with van der Waals surface area (Å²) in [5, 5.41) is 5.70. The molecule has 0 fully saturated rings. The largest absolute Gasteiger partial charge is 0.496 e. The van der Waals surface area contributed by atoms with Crippen molar-refractivity contribution >= 4 is 34.9 Å². The minimum absolute atomic E-state index is 0.0637. The number of aromatic nitrogens is 1. The van der Waals surface area contributed by atoms with Gasteiger partial charge in [0.25, 0.3) is 0 Å². The molecule has 0 spiro atoms. The lowest BCUT2D eigenvalue weighted by atomic mass is 9.92. The van der Waals surface area contributed by atoms with Crippen molar-refractivity contribution < 1.29 is 23.9 Å². The van der Waals surface area contributed by atoms with Gasteiger partial charge in [0.2, 0.25) is 11.8 Å². The van der Waals surface area contributed by atoms with Gasteiger partial charge >= 0.3 is 6.09 Å². The van der Waals surface area contributed by atoms with Crippen molar-refractivity contribution in [3.05, 3.63) is 78.1 Å². The van der Waals surface area contributed by atoms with Gasteiger partial charge < -0.3 is 19.7 Å². The second-order valence-electron chi connectivity index (χ2n) is 10.3. The molecule has 9 nitrogen and oxygen atoms in total. The number of rotatable bonds is 4. The lowest BCUT2D eigenvalue weighted by molar-refractivity contribution is -0.129.